The Bertz CT molecular complexity index is 2730. The van der Waals surface area contributed by atoms with E-state index in [1.165, 1.54) is 56.8 Å². The molecule has 0 amide bonds. The van der Waals surface area contributed by atoms with Crippen LogP contribution in [0.1, 0.15) is 0 Å². The van der Waals surface area contributed by atoms with Crippen LogP contribution in [0.3, 0.4) is 0 Å². The summed E-state index contributed by atoms with van der Waals surface area (Å²) in [5.74, 6) is 0. The smallest absolute Gasteiger partial charge is 0.0554 e. The zero-order valence-electron chi connectivity index (χ0n) is 27.0. The predicted molar refractivity (Wildman–Crippen MR) is 219 cm³/mol. The second-order valence-electron chi connectivity index (χ2n) is 12.5. The molecule has 10 rings (SSSR count). The maximum Gasteiger partial charge on any atom is 0.0554 e. The Morgan fingerprint density at radius 2 is 0.760 bits per heavy atom. The molecule has 0 saturated heterocycles. The van der Waals surface area contributed by atoms with E-state index in [-0.39, 0.29) is 0 Å². The van der Waals surface area contributed by atoms with Crippen molar-refractivity contribution in [2.24, 2.45) is 0 Å². The van der Waals surface area contributed by atoms with Gasteiger partial charge in [-0.25, -0.2) is 0 Å². The van der Waals surface area contributed by atoms with Gasteiger partial charge < -0.3 is 9.80 Å². The Hall–Kier alpha value is -5.94. The van der Waals surface area contributed by atoms with Gasteiger partial charge in [0.25, 0.3) is 0 Å². The summed E-state index contributed by atoms with van der Waals surface area (Å²) < 4.78 is 5.31. The Balaban J connectivity index is 1.20. The zero-order chi connectivity index (χ0) is 33.0. The molecule has 8 aromatic carbocycles. The van der Waals surface area contributed by atoms with Crippen molar-refractivity contribution in [3.63, 3.8) is 0 Å². The van der Waals surface area contributed by atoms with Gasteiger partial charge in [-0.3, -0.25) is 0 Å². The van der Waals surface area contributed by atoms with Crippen molar-refractivity contribution < 1.29 is 0 Å². The average molecular weight is 675 g/mol. The van der Waals surface area contributed by atoms with Gasteiger partial charge in [-0.2, -0.15) is 0 Å². The van der Waals surface area contributed by atoms with Crippen LogP contribution in [0.15, 0.2) is 182 Å². The lowest BCUT2D eigenvalue weighted by atomic mass is 10.0. The van der Waals surface area contributed by atoms with Crippen LogP contribution < -0.4 is 9.80 Å². The fourth-order valence-electron chi connectivity index (χ4n) is 7.41. The molecule has 0 saturated carbocycles. The van der Waals surface area contributed by atoms with Crippen LogP contribution in [-0.2, 0) is 0 Å². The number of fused-ring (bicyclic) bond motifs is 9. The lowest BCUT2D eigenvalue weighted by Gasteiger charge is -2.27. The summed E-state index contributed by atoms with van der Waals surface area (Å²) in [7, 11) is 0. The van der Waals surface area contributed by atoms with Gasteiger partial charge in [0.15, 0.2) is 0 Å². The van der Waals surface area contributed by atoms with Crippen LogP contribution in [0, 0.1) is 0 Å². The Kier molecular flexibility index (Phi) is 6.90. The number of thiophene rings is 2. The molecule has 2 aromatic heterocycles. The van der Waals surface area contributed by atoms with Crippen LogP contribution in [0.5, 0.6) is 0 Å². The molecule has 0 bridgehead atoms. The second-order valence-corrected chi connectivity index (χ2v) is 14.6. The minimum absolute atomic E-state index is 1.15. The van der Waals surface area contributed by atoms with E-state index in [9.17, 15) is 0 Å². The van der Waals surface area contributed by atoms with E-state index in [0.29, 0.717) is 0 Å². The lowest BCUT2D eigenvalue weighted by molar-refractivity contribution is 1.29. The first-order valence-corrected chi connectivity index (χ1v) is 18.5. The third-order valence-corrected chi connectivity index (χ3v) is 12.1. The fourth-order valence-corrected chi connectivity index (χ4v) is 10.0. The number of para-hydroxylation sites is 4. The molecule has 236 valence electrons. The van der Waals surface area contributed by atoms with E-state index in [2.05, 4.69) is 192 Å². The summed E-state index contributed by atoms with van der Waals surface area (Å²) in [5.41, 5.74) is 6.93. The van der Waals surface area contributed by atoms with Crippen LogP contribution in [0.25, 0.3) is 51.1 Å². The van der Waals surface area contributed by atoms with Gasteiger partial charge in [0.05, 0.1) is 15.1 Å². The highest BCUT2D eigenvalue weighted by Crippen LogP contribution is 2.50. The number of nitrogens with zero attached hydrogens (tertiary/aromatic N) is 2. The molecule has 0 spiro atoms. The molecular formula is C46H30N2S2. The molecule has 0 unspecified atom stereocenters. The SMILES string of the molecule is c1ccc(N(c2ccccc2)c2ccc3c(c2)sc2c3ccc3c2sc2cc(N(c4ccccc4)c4ccccc4)c4ccccc4c23)cc1. The van der Waals surface area contributed by atoms with Crippen LogP contribution in [-0.4, -0.2) is 0 Å². The summed E-state index contributed by atoms with van der Waals surface area (Å²) in [4.78, 5) is 4.74. The number of hydrogen-bond acceptors (Lipinski definition) is 4. The molecular weight excluding hydrogens is 645 g/mol. The van der Waals surface area contributed by atoms with Gasteiger partial charge in [0.2, 0.25) is 0 Å². The summed E-state index contributed by atoms with van der Waals surface area (Å²) in [5, 5.41) is 7.82. The average Bonchev–Trinajstić information content (AvgIpc) is 3.75. The first kappa shape index (κ1) is 29.0. The van der Waals surface area contributed by atoms with Gasteiger partial charge >= 0.3 is 0 Å². The van der Waals surface area contributed by atoms with Crippen molar-refractivity contribution in [2.45, 2.75) is 0 Å². The van der Waals surface area contributed by atoms with Gasteiger partial charge in [0, 0.05) is 64.8 Å². The van der Waals surface area contributed by atoms with E-state index in [1.54, 1.807) is 0 Å². The Morgan fingerprint density at radius 3 is 1.36 bits per heavy atom. The third-order valence-electron chi connectivity index (χ3n) is 9.60. The summed E-state index contributed by atoms with van der Waals surface area (Å²) in [6.07, 6.45) is 0. The topological polar surface area (TPSA) is 6.48 Å². The summed E-state index contributed by atoms with van der Waals surface area (Å²) in [6, 6.07) is 65.7. The molecule has 0 aliphatic heterocycles. The maximum atomic E-state index is 2.41. The first-order chi connectivity index (χ1) is 24.8. The summed E-state index contributed by atoms with van der Waals surface area (Å²) in [6.45, 7) is 0. The minimum Gasteiger partial charge on any atom is -0.310 e. The molecule has 0 fully saturated rings. The Morgan fingerprint density at radius 1 is 0.300 bits per heavy atom. The molecule has 0 aliphatic rings. The minimum atomic E-state index is 1.15. The molecule has 50 heavy (non-hydrogen) atoms. The maximum absolute atomic E-state index is 2.41. The quantitative estimate of drug-likeness (QED) is 0.173. The highest BCUT2D eigenvalue weighted by atomic mass is 32.1. The van der Waals surface area contributed by atoms with E-state index in [0.717, 1.165) is 28.4 Å². The lowest BCUT2D eigenvalue weighted by Crippen LogP contribution is -2.10. The predicted octanol–water partition coefficient (Wildman–Crippen LogP) is 14.5. The van der Waals surface area contributed by atoms with Crippen molar-refractivity contribution in [3.05, 3.63) is 182 Å². The number of benzene rings is 8. The molecule has 10 aromatic rings. The van der Waals surface area contributed by atoms with Gasteiger partial charge in [-0.05, 0) is 72.1 Å². The normalized spacial score (nSPS) is 11.6. The molecule has 0 radical (unpaired) electrons. The van der Waals surface area contributed by atoms with Crippen LogP contribution in [0.2, 0.25) is 0 Å². The van der Waals surface area contributed by atoms with Gasteiger partial charge in [0.1, 0.15) is 0 Å². The van der Waals surface area contributed by atoms with E-state index in [1.807, 2.05) is 22.7 Å². The number of anilines is 6. The fraction of sp³-hybridized carbons (Fsp3) is 0. The molecule has 4 heteroatoms. The zero-order valence-corrected chi connectivity index (χ0v) is 28.7. The van der Waals surface area contributed by atoms with Crippen molar-refractivity contribution in [1.29, 1.82) is 0 Å². The van der Waals surface area contributed by atoms with Crippen molar-refractivity contribution >= 4 is 108 Å². The monoisotopic (exact) mass is 674 g/mol. The van der Waals surface area contributed by atoms with Crippen LogP contribution >= 0.6 is 22.7 Å². The summed E-state index contributed by atoms with van der Waals surface area (Å²) >= 11 is 3.83. The molecule has 0 atom stereocenters. The Labute approximate surface area is 298 Å². The highest BCUT2D eigenvalue weighted by Gasteiger charge is 2.21. The molecule has 2 heterocycles. The number of rotatable bonds is 6. The van der Waals surface area contributed by atoms with Crippen molar-refractivity contribution in [3.8, 4) is 0 Å². The molecule has 0 aliphatic carbocycles. The van der Waals surface area contributed by atoms with Gasteiger partial charge in [-0.15, -0.1) is 22.7 Å². The van der Waals surface area contributed by atoms with Crippen molar-refractivity contribution in [1.82, 2.24) is 0 Å². The number of hydrogen-bond donors (Lipinski definition) is 0. The standard InChI is InChI=1S/C46H30N2S2/c1-5-15-31(16-6-1)47(32-17-7-2-8-18-32)35-25-26-37-39-27-28-40-44-38-24-14-13-23-36(38)41(30-43(44)50-46(40)45(39)49-42(37)29-35)48(33-19-9-3-10-20-33)34-21-11-4-12-22-34/h1-30H. The first-order valence-electron chi connectivity index (χ1n) is 16.9. The molecule has 0 N–H and O–H groups in total. The van der Waals surface area contributed by atoms with E-state index >= 15 is 0 Å². The van der Waals surface area contributed by atoms with E-state index < -0.39 is 0 Å². The van der Waals surface area contributed by atoms with Crippen molar-refractivity contribution in [2.75, 3.05) is 9.80 Å². The third kappa shape index (κ3) is 4.68. The second kappa shape index (κ2) is 11.9. The van der Waals surface area contributed by atoms with Crippen LogP contribution in [0.4, 0.5) is 34.1 Å². The largest absolute Gasteiger partial charge is 0.310 e. The highest BCUT2D eigenvalue weighted by molar-refractivity contribution is 7.33. The van der Waals surface area contributed by atoms with E-state index in [4.69, 9.17) is 0 Å². The van der Waals surface area contributed by atoms with Gasteiger partial charge in [-0.1, -0.05) is 115 Å². The molecule has 2 nitrogen and oxygen atoms in total.